The first-order valence-corrected chi connectivity index (χ1v) is 9.60. The van der Waals surface area contributed by atoms with Gasteiger partial charge in [0.05, 0.1) is 6.54 Å². The summed E-state index contributed by atoms with van der Waals surface area (Å²) in [6.07, 6.45) is 7.46. The lowest BCUT2D eigenvalue weighted by Crippen LogP contribution is -2.50. The molecule has 1 amide bonds. The Kier molecular flexibility index (Phi) is 3.61. The van der Waals surface area contributed by atoms with E-state index in [1.807, 2.05) is 0 Å². The normalized spacial score (nSPS) is 33.3. The molecular formula is C18H26N4O2. The van der Waals surface area contributed by atoms with Crippen LogP contribution in [0.2, 0.25) is 0 Å². The van der Waals surface area contributed by atoms with E-state index >= 15 is 0 Å². The van der Waals surface area contributed by atoms with E-state index in [0.717, 1.165) is 56.8 Å². The van der Waals surface area contributed by atoms with Crippen molar-refractivity contribution in [1.82, 2.24) is 19.9 Å². The van der Waals surface area contributed by atoms with Crippen LogP contribution in [0.4, 0.5) is 0 Å². The molecule has 3 saturated carbocycles. The maximum atomic E-state index is 12.8. The van der Waals surface area contributed by atoms with E-state index in [2.05, 4.69) is 19.9 Å². The van der Waals surface area contributed by atoms with E-state index in [1.165, 1.54) is 32.1 Å². The highest BCUT2D eigenvalue weighted by Gasteiger charge is 2.44. The van der Waals surface area contributed by atoms with Gasteiger partial charge in [-0.15, -0.1) is 0 Å². The fourth-order valence-corrected chi connectivity index (χ4v) is 4.94. The number of carbonyl (C=O) groups is 1. The zero-order valence-electron chi connectivity index (χ0n) is 14.2. The summed E-state index contributed by atoms with van der Waals surface area (Å²) in [6.45, 7) is 4.27. The molecule has 2 heterocycles. The van der Waals surface area contributed by atoms with Crippen molar-refractivity contribution in [2.24, 2.45) is 17.8 Å². The minimum atomic E-state index is 0.327. The average molecular weight is 330 g/mol. The number of aromatic nitrogens is 2. The lowest BCUT2D eigenvalue weighted by Gasteiger charge is -2.36. The van der Waals surface area contributed by atoms with Crippen molar-refractivity contribution in [3.8, 4) is 0 Å². The van der Waals surface area contributed by atoms with Crippen molar-refractivity contribution in [2.75, 3.05) is 26.2 Å². The Hall–Kier alpha value is -1.43. The molecule has 6 nitrogen and oxygen atoms in total. The molecule has 24 heavy (non-hydrogen) atoms. The molecule has 1 saturated heterocycles. The van der Waals surface area contributed by atoms with Crippen molar-refractivity contribution in [2.45, 2.75) is 51.0 Å². The van der Waals surface area contributed by atoms with Crippen molar-refractivity contribution in [3.63, 3.8) is 0 Å². The third-order valence-corrected chi connectivity index (χ3v) is 6.51. The van der Waals surface area contributed by atoms with Crippen LogP contribution in [-0.2, 0) is 11.3 Å². The predicted octanol–water partition coefficient (Wildman–Crippen LogP) is 2.03. The Balaban J connectivity index is 1.13. The van der Waals surface area contributed by atoms with Gasteiger partial charge in [-0.05, 0) is 43.9 Å². The molecule has 0 radical (unpaired) electrons. The minimum Gasteiger partial charge on any atom is -0.340 e. The SMILES string of the molecule is O=C([C@H]1C[C@H]2CC[C@H]1C2)N1CCN(Cc2noc(C3CC3)n2)CC1. The third-order valence-electron chi connectivity index (χ3n) is 6.51. The highest BCUT2D eigenvalue weighted by molar-refractivity contribution is 5.79. The van der Waals surface area contributed by atoms with Crippen LogP contribution in [0.1, 0.15) is 56.2 Å². The average Bonchev–Trinajstić information content (AvgIpc) is 3.03. The van der Waals surface area contributed by atoms with Crippen molar-refractivity contribution in [1.29, 1.82) is 0 Å². The number of amides is 1. The molecule has 5 rings (SSSR count). The predicted molar refractivity (Wildman–Crippen MR) is 87.1 cm³/mol. The molecule has 130 valence electrons. The molecule has 4 aliphatic rings. The molecule has 3 aliphatic carbocycles. The first-order chi connectivity index (χ1) is 11.8. The molecule has 2 bridgehead atoms. The summed E-state index contributed by atoms with van der Waals surface area (Å²) in [5.74, 6) is 4.40. The topological polar surface area (TPSA) is 62.5 Å². The van der Waals surface area contributed by atoms with E-state index in [-0.39, 0.29) is 0 Å². The van der Waals surface area contributed by atoms with Gasteiger partial charge in [0.1, 0.15) is 0 Å². The van der Waals surface area contributed by atoms with Gasteiger partial charge in [-0.2, -0.15) is 4.98 Å². The molecule has 1 aromatic heterocycles. The van der Waals surface area contributed by atoms with Crippen LogP contribution in [0.3, 0.4) is 0 Å². The number of rotatable bonds is 4. The van der Waals surface area contributed by atoms with Crippen molar-refractivity contribution in [3.05, 3.63) is 11.7 Å². The molecule has 0 spiro atoms. The van der Waals surface area contributed by atoms with Gasteiger partial charge in [-0.1, -0.05) is 11.6 Å². The van der Waals surface area contributed by atoms with Gasteiger partial charge >= 0.3 is 0 Å². The molecular weight excluding hydrogens is 304 g/mol. The smallest absolute Gasteiger partial charge is 0.229 e. The summed E-state index contributed by atoms with van der Waals surface area (Å²) < 4.78 is 5.33. The van der Waals surface area contributed by atoms with Gasteiger partial charge in [0.25, 0.3) is 0 Å². The van der Waals surface area contributed by atoms with Gasteiger partial charge in [-0.25, -0.2) is 0 Å². The quantitative estimate of drug-likeness (QED) is 0.845. The van der Waals surface area contributed by atoms with Crippen molar-refractivity contribution < 1.29 is 9.32 Å². The third kappa shape index (κ3) is 2.75. The van der Waals surface area contributed by atoms with Crippen LogP contribution < -0.4 is 0 Å². The highest BCUT2D eigenvalue weighted by Crippen LogP contribution is 2.48. The second kappa shape index (κ2) is 5.83. The number of nitrogens with zero attached hydrogens (tertiary/aromatic N) is 4. The van der Waals surface area contributed by atoms with E-state index in [9.17, 15) is 4.79 Å². The van der Waals surface area contributed by atoms with Crippen LogP contribution in [0, 0.1) is 17.8 Å². The number of hydrogen-bond donors (Lipinski definition) is 0. The summed E-state index contributed by atoms with van der Waals surface area (Å²) in [4.78, 5) is 21.8. The van der Waals surface area contributed by atoms with Crippen LogP contribution in [0.15, 0.2) is 4.52 Å². The zero-order chi connectivity index (χ0) is 16.1. The van der Waals surface area contributed by atoms with Gasteiger partial charge in [0.15, 0.2) is 5.82 Å². The second-order valence-electron chi connectivity index (χ2n) is 8.21. The van der Waals surface area contributed by atoms with Crippen LogP contribution in [0.5, 0.6) is 0 Å². The fraction of sp³-hybridized carbons (Fsp3) is 0.833. The Bertz CT molecular complexity index is 618. The maximum absolute atomic E-state index is 12.8. The summed E-state index contributed by atoms with van der Waals surface area (Å²) in [6, 6.07) is 0. The minimum absolute atomic E-state index is 0.327. The first kappa shape index (κ1) is 14.9. The summed E-state index contributed by atoms with van der Waals surface area (Å²) in [7, 11) is 0. The van der Waals surface area contributed by atoms with Gasteiger partial charge < -0.3 is 9.42 Å². The molecule has 1 aromatic rings. The number of piperazine rings is 1. The number of fused-ring (bicyclic) bond motifs is 2. The molecule has 0 N–H and O–H groups in total. The molecule has 4 fully saturated rings. The van der Waals surface area contributed by atoms with Crippen LogP contribution >= 0.6 is 0 Å². The standard InChI is InChI=1S/C18H26N4O2/c23-18(15-10-12-1-2-14(15)9-12)22-7-5-21(6-8-22)11-16-19-17(24-20-16)13-3-4-13/h12-15H,1-11H2/t12-,14-,15-/m0/s1. The fourth-order valence-electron chi connectivity index (χ4n) is 4.94. The number of carbonyl (C=O) groups excluding carboxylic acids is 1. The molecule has 0 unspecified atom stereocenters. The maximum Gasteiger partial charge on any atom is 0.229 e. The number of hydrogen-bond acceptors (Lipinski definition) is 5. The highest BCUT2D eigenvalue weighted by atomic mass is 16.5. The molecule has 0 aromatic carbocycles. The van der Waals surface area contributed by atoms with E-state index in [4.69, 9.17) is 4.52 Å². The van der Waals surface area contributed by atoms with Crippen molar-refractivity contribution >= 4 is 5.91 Å². The molecule has 3 atom stereocenters. The Morgan fingerprint density at radius 2 is 1.92 bits per heavy atom. The largest absolute Gasteiger partial charge is 0.340 e. The summed E-state index contributed by atoms with van der Waals surface area (Å²) in [5.41, 5.74) is 0. The molecule has 1 aliphatic heterocycles. The lowest BCUT2D eigenvalue weighted by atomic mass is 9.87. The van der Waals surface area contributed by atoms with E-state index in [1.54, 1.807) is 0 Å². The van der Waals surface area contributed by atoms with Gasteiger partial charge in [-0.3, -0.25) is 9.69 Å². The van der Waals surface area contributed by atoms with Gasteiger partial charge in [0, 0.05) is 38.0 Å². The van der Waals surface area contributed by atoms with E-state index < -0.39 is 0 Å². The summed E-state index contributed by atoms with van der Waals surface area (Å²) in [5, 5.41) is 4.11. The monoisotopic (exact) mass is 330 g/mol. The zero-order valence-corrected chi connectivity index (χ0v) is 14.2. The first-order valence-electron chi connectivity index (χ1n) is 9.60. The Morgan fingerprint density at radius 3 is 2.58 bits per heavy atom. The van der Waals surface area contributed by atoms with E-state index in [0.29, 0.717) is 23.7 Å². The Labute approximate surface area is 142 Å². The van der Waals surface area contributed by atoms with Crippen LogP contribution in [-0.4, -0.2) is 52.0 Å². The van der Waals surface area contributed by atoms with Gasteiger partial charge in [0.2, 0.25) is 11.8 Å². The van der Waals surface area contributed by atoms with Crippen LogP contribution in [0.25, 0.3) is 0 Å². The Morgan fingerprint density at radius 1 is 1.08 bits per heavy atom. The second-order valence-corrected chi connectivity index (χ2v) is 8.21. The molecule has 6 heteroatoms. The summed E-state index contributed by atoms with van der Waals surface area (Å²) >= 11 is 0. The lowest BCUT2D eigenvalue weighted by molar-refractivity contribution is -0.139.